The maximum atomic E-state index is 5.83. The second-order valence-corrected chi connectivity index (χ2v) is 4.66. The van der Waals surface area contributed by atoms with Gasteiger partial charge in [-0.3, -0.25) is 0 Å². The summed E-state index contributed by atoms with van der Waals surface area (Å²) in [5.41, 5.74) is 11.9. The molecule has 0 aliphatic carbocycles. The van der Waals surface area contributed by atoms with Gasteiger partial charge in [-0.25, -0.2) is 4.98 Å². The molecule has 4 heteroatoms. The van der Waals surface area contributed by atoms with Gasteiger partial charge in [0.15, 0.2) is 0 Å². The molecular formula is C12H15N3S. The summed E-state index contributed by atoms with van der Waals surface area (Å²) in [4.78, 5) is 6.42. The van der Waals surface area contributed by atoms with Crippen molar-refractivity contribution in [1.29, 1.82) is 0 Å². The maximum Gasteiger partial charge on any atom is 0.0795 e. The lowest BCUT2D eigenvalue weighted by atomic mass is 10.2. The van der Waals surface area contributed by atoms with Gasteiger partial charge in [0, 0.05) is 23.8 Å². The summed E-state index contributed by atoms with van der Waals surface area (Å²) in [5, 5.41) is 2.07. The second-order valence-electron chi connectivity index (χ2n) is 3.94. The molecule has 2 N–H and O–H groups in total. The average molecular weight is 233 g/mol. The lowest BCUT2D eigenvalue weighted by Crippen LogP contribution is -2.16. The largest absolute Gasteiger partial charge is 0.399 e. The number of anilines is 2. The van der Waals surface area contributed by atoms with Crippen LogP contribution in [0.4, 0.5) is 11.4 Å². The molecule has 3 nitrogen and oxygen atoms in total. The van der Waals surface area contributed by atoms with Crippen LogP contribution in [-0.4, -0.2) is 12.0 Å². The normalized spacial score (nSPS) is 10.4. The lowest BCUT2D eigenvalue weighted by molar-refractivity contribution is 0.894. The van der Waals surface area contributed by atoms with Gasteiger partial charge in [0.2, 0.25) is 0 Å². The average Bonchev–Trinajstić information content (AvgIpc) is 2.68. The van der Waals surface area contributed by atoms with Crippen LogP contribution in [0.2, 0.25) is 0 Å². The number of thiazole rings is 1. The Morgan fingerprint density at radius 2 is 2.19 bits per heavy atom. The van der Waals surface area contributed by atoms with Crippen LogP contribution in [0, 0.1) is 6.92 Å². The van der Waals surface area contributed by atoms with Crippen molar-refractivity contribution < 1.29 is 0 Å². The molecule has 0 amide bonds. The highest BCUT2D eigenvalue weighted by Crippen LogP contribution is 2.20. The summed E-state index contributed by atoms with van der Waals surface area (Å²) in [6.45, 7) is 2.86. The van der Waals surface area contributed by atoms with E-state index in [4.69, 9.17) is 5.73 Å². The number of nitrogens with two attached hydrogens (primary N) is 1. The minimum Gasteiger partial charge on any atom is -0.399 e. The third kappa shape index (κ3) is 2.52. The molecular weight excluding hydrogens is 218 g/mol. The predicted octanol–water partition coefficient (Wildman–Crippen LogP) is 2.67. The molecule has 0 atom stereocenters. The van der Waals surface area contributed by atoms with Gasteiger partial charge in [-0.1, -0.05) is 0 Å². The van der Waals surface area contributed by atoms with E-state index in [0.717, 1.165) is 23.6 Å². The molecule has 0 aliphatic rings. The van der Waals surface area contributed by atoms with Crippen LogP contribution in [0.15, 0.2) is 29.1 Å². The number of aryl methyl sites for hydroxylation is 1. The predicted molar refractivity (Wildman–Crippen MR) is 69.8 cm³/mol. The van der Waals surface area contributed by atoms with E-state index in [9.17, 15) is 0 Å². The van der Waals surface area contributed by atoms with E-state index in [-0.39, 0.29) is 0 Å². The first-order valence-corrected chi connectivity index (χ1v) is 6.05. The standard InChI is InChI=1S/C12H15N3S/c1-9-3-10(13)5-12(4-9)15(2)6-11-7-16-8-14-11/h3-5,7-8H,6,13H2,1-2H3. The first-order valence-electron chi connectivity index (χ1n) is 5.10. The first-order chi connectivity index (χ1) is 7.65. The third-order valence-electron chi connectivity index (χ3n) is 2.41. The molecule has 0 fully saturated rings. The molecule has 0 unspecified atom stereocenters. The molecule has 1 aromatic heterocycles. The van der Waals surface area contributed by atoms with E-state index in [0.29, 0.717) is 0 Å². The molecule has 2 aromatic rings. The Morgan fingerprint density at radius 1 is 1.38 bits per heavy atom. The van der Waals surface area contributed by atoms with Crippen molar-refractivity contribution in [1.82, 2.24) is 4.98 Å². The van der Waals surface area contributed by atoms with E-state index < -0.39 is 0 Å². The Balaban J connectivity index is 2.17. The summed E-state index contributed by atoms with van der Waals surface area (Å²) >= 11 is 1.62. The molecule has 0 bridgehead atoms. The highest BCUT2D eigenvalue weighted by Gasteiger charge is 2.04. The first kappa shape index (κ1) is 11.0. The molecule has 84 valence electrons. The van der Waals surface area contributed by atoms with Crippen molar-refractivity contribution in [2.45, 2.75) is 13.5 Å². The van der Waals surface area contributed by atoms with Gasteiger partial charge in [-0.2, -0.15) is 0 Å². The Morgan fingerprint density at radius 3 is 2.81 bits per heavy atom. The smallest absolute Gasteiger partial charge is 0.0795 e. The molecule has 0 saturated carbocycles. The van der Waals surface area contributed by atoms with Gasteiger partial charge in [0.1, 0.15) is 0 Å². The Kier molecular flexibility index (Phi) is 3.10. The Hall–Kier alpha value is -1.55. The molecule has 1 aromatic carbocycles. The van der Waals surface area contributed by atoms with Gasteiger partial charge in [0.25, 0.3) is 0 Å². The van der Waals surface area contributed by atoms with E-state index >= 15 is 0 Å². The molecule has 1 heterocycles. The lowest BCUT2D eigenvalue weighted by Gasteiger charge is -2.19. The van der Waals surface area contributed by atoms with Crippen molar-refractivity contribution in [3.05, 3.63) is 40.3 Å². The van der Waals surface area contributed by atoms with Gasteiger partial charge in [-0.15, -0.1) is 11.3 Å². The fourth-order valence-corrected chi connectivity index (χ4v) is 2.21. The number of hydrogen-bond acceptors (Lipinski definition) is 4. The van der Waals surface area contributed by atoms with Crippen LogP contribution in [0.25, 0.3) is 0 Å². The van der Waals surface area contributed by atoms with Crippen molar-refractivity contribution >= 4 is 22.7 Å². The molecule has 0 aliphatic heterocycles. The Labute approximate surface area is 99.5 Å². The number of rotatable bonds is 3. The van der Waals surface area contributed by atoms with Gasteiger partial charge in [-0.05, 0) is 30.7 Å². The summed E-state index contributed by atoms with van der Waals surface area (Å²) < 4.78 is 0. The fourth-order valence-electron chi connectivity index (χ4n) is 1.66. The summed E-state index contributed by atoms with van der Waals surface area (Å²) in [6, 6.07) is 6.09. The van der Waals surface area contributed by atoms with E-state index in [1.165, 1.54) is 5.56 Å². The van der Waals surface area contributed by atoms with Crippen molar-refractivity contribution in [3.8, 4) is 0 Å². The minimum absolute atomic E-state index is 0.806. The van der Waals surface area contributed by atoms with Crippen LogP contribution < -0.4 is 10.6 Å². The van der Waals surface area contributed by atoms with Crippen molar-refractivity contribution in [2.24, 2.45) is 0 Å². The van der Waals surface area contributed by atoms with Crippen LogP contribution in [0.5, 0.6) is 0 Å². The summed E-state index contributed by atoms with van der Waals surface area (Å²) in [7, 11) is 2.05. The van der Waals surface area contributed by atoms with Gasteiger partial charge < -0.3 is 10.6 Å². The molecule has 0 saturated heterocycles. The summed E-state index contributed by atoms with van der Waals surface area (Å²) in [5.74, 6) is 0. The SMILES string of the molecule is Cc1cc(N)cc(N(C)Cc2cscn2)c1. The minimum atomic E-state index is 0.806. The van der Waals surface area contributed by atoms with Crippen LogP contribution in [0.1, 0.15) is 11.3 Å². The van der Waals surface area contributed by atoms with Crippen LogP contribution >= 0.6 is 11.3 Å². The quantitative estimate of drug-likeness (QED) is 0.829. The zero-order valence-corrected chi connectivity index (χ0v) is 10.3. The van der Waals surface area contributed by atoms with Crippen LogP contribution in [0.3, 0.4) is 0 Å². The van der Waals surface area contributed by atoms with E-state index in [1.807, 2.05) is 24.7 Å². The number of hydrogen-bond donors (Lipinski definition) is 1. The van der Waals surface area contributed by atoms with Crippen LogP contribution in [-0.2, 0) is 6.54 Å². The Bertz CT molecular complexity index is 445. The highest BCUT2D eigenvalue weighted by atomic mass is 32.1. The topological polar surface area (TPSA) is 42.1 Å². The van der Waals surface area contributed by atoms with Gasteiger partial charge >= 0.3 is 0 Å². The van der Waals surface area contributed by atoms with Gasteiger partial charge in [0.05, 0.1) is 17.7 Å². The highest BCUT2D eigenvalue weighted by molar-refractivity contribution is 7.07. The zero-order chi connectivity index (χ0) is 11.5. The fraction of sp³-hybridized carbons (Fsp3) is 0.250. The monoisotopic (exact) mass is 233 g/mol. The summed E-state index contributed by atoms with van der Waals surface area (Å²) in [6.07, 6.45) is 0. The number of benzene rings is 1. The molecule has 0 radical (unpaired) electrons. The molecule has 2 rings (SSSR count). The number of aromatic nitrogens is 1. The molecule has 16 heavy (non-hydrogen) atoms. The number of nitrogen functional groups attached to an aromatic ring is 1. The molecule has 0 spiro atoms. The van der Waals surface area contributed by atoms with E-state index in [1.54, 1.807) is 11.3 Å². The maximum absolute atomic E-state index is 5.83. The number of nitrogens with zero attached hydrogens (tertiary/aromatic N) is 2. The van der Waals surface area contributed by atoms with Crippen molar-refractivity contribution in [2.75, 3.05) is 17.7 Å². The third-order valence-corrected chi connectivity index (χ3v) is 3.04. The second kappa shape index (κ2) is 4.53. The van der Waals surface area contributed by atoms with Crippen molar-refractivity contribution in [3.63, 3.8) is 0 Å². The van der Waals surface area contributed by atoms with E-state index in [2.05, 4.69) is 28.3 Å². The zero-order valence-electron chi connectivity index (χ0n) is 9.47.